The highest BCUT2D eigenvalue weighted by Gasteiger charge is 2.19. The highest BCUT2D eigenvalue weighted by Crippen LogP contribution is 2.21. The SMILES string of the molecule is CCCN1CCCC(NC(CC)c2ccc(C)cc2)CC1. The summed E-state index contributed by atoms with van der Waals surface area (Å²) < 4.78 is 0. The van der Waals surface area contributed by atoms with E-state index in [2.05, 4.69) is 55.3 Å². The Morgan fingerprint density at radius 2 is 1.90 bits per heavy atom. The zero-order valence-corrected chi connectivity index (χ0v) is 14.1. The van der Waals surface area contributed by atoms with Crippen LogP contribution in [0.1, 0.15) is 63.1 Å². The monoisotopic (exact) mass is 288 g/mol. The van der Waals surface area contributed by atoms with E-state index in [1.54, 1.807) is 0 Å². The first-order chi connectivity index (χ1) is 10.2. The molecule has 0 radical (unpaired) electrons. The van der Waals surface area contributed by atoms with E-state index in [0.29, 0.717) is 12.1 Å². The van der Waals surface area contributed by atoms with E-state index in [1.807, 2.05) is 0 Å². The molecule has 21 heavy (non-hydrogen) atoms. The number of nitrogens with one attached hydrogen (secondary N) is 1. The largest absolute Gasteiger partial charge is 0.307 e. The minimum atomic E-state index is 0.508. The van der Waals surface area contributed by atoms with E-state index in [4.69, 9.17) is 0 Å². The maximum Gasteiger partial charge on any atom is 0.0320 e. The van der Waals surface area contributed by atoms with Gasteiger partial charge in [-0.25, -0.2) is 0 Å². The van der Waals surface area contributed by atoms with Crippen molar-refractivity contribution in [1.82, 2.24) is 10.2 Å². The minimum absolute atomic E-state index is 0.508. The van der Waals surface area contributed by atoms with Gasteiger partial charge in [0.05, 0.1) is 0 Å². The topological polar surface area (TPSA) is 15.3 Å². The fourth-order valence-corrected chi connectivity index (χ4v) is 3.40. The van der Waals surface area contributed by atoms with Gasteiger partial charge in [-0.1, -0.05) is 43.7 Å². The van der Waals surface area contributed by atoms with Crippen molar-refractivity contribution in [2.24, 2.45) is 0 Å². The van der Waals surface area contributed by atoms with Gasteiger partial charge in [-0.05, 0) is 64.2 Å². The van der Waals surface area contributed by atoms with Crippen molar-refractivity contribution in [2.45, 2.75) is 65.0 Å². The van der Waals surface area contributed by atoms with Gasteiger partial charge in [-0.3, -0.25) is 0 Å². The zero-order valence-electron chi connectivity index (χ0n) is 14.1. The molecule has 1 heterocycles. The fraction of sp³-hybridized carbons (Fsp3) is 0.684. The highest BCUT2D eigenvalue weighted by atomic mass is 15.1. The molecule has 2 nitrogen and oxygen atoms in total. The summed E-state index contributed by atoms with van der Waals surface area (Å²) in [7, 11) is 0. The Hall–Kier alpha value is -0.860. The lowest BCUT2D eigenvalue weighted by atomic mass is 10.00. The van der Waals surface area contributed by atoms with Crippen LogP contribution in [0.4, 0.5) is 0 Å². The van der Waals surface area contributed by atoms with E-state index in [9.17, 15) is 0 Å². The van der Waals surface area contributed by atoms with Crippen molar-refractivity contribution in [3.63, 3.8) is 0 Å². The molecule has 1 aromatic carbocycles. The molecule has 0 spiro atoms. The molecule has 0 aromatic heterocycles. The van der Waals surface area contributed by atoms with Gasteiger partial charge in [0.2, 0.25) is 0 Å². The van der Waals surface area contributed by atoms with Gasteiger partial charge in [0.1, 0.15) is 0 Å². The van der Waals surface area contributed by atoms with E-state index in [0.717, 1.165) is 6.42 Å². The smallest absolute Gasteiger partial charge is 0.0320 e. The van der Waals surface area contributed by atoms with Crippen LogP contribution >= 0.6 is 0 Å². The molecule has 0 bridgehead atoms. The lowest BCUT2D eigenvalue weighted by Crippen LogP contribution is -2.34. The summed E-state index contributed by atoms with van der Waals surface area (Å²) in [6, 6.07) is 10.2. The summed E-state index contributed by atoms with van der Waals surface area (Å²) >= 11 is 0. The number of hydrogen-bond acceptors (Lipinski definition) is 2. The fourth-order valence-electron chi connectivity index (χ4n) is 3.40. The minimum Gasteiger partial charge on any atom is -0.307 e. The van der Waals surface area contributed by atoms with Crippen molar-refractivity contribution in [2.75, 3.05) is 19.6 Å². The predicted molar refractivity (Wildman–Crippen MR) is 91.7 cm³/mol. The molecule has 1 aliphatic heterocycles. The molecule has 1 saturated heterocycles. The van der Waals surface area contributed by atoms with Gasteiger partial charge < -0.3 is 10.2 Å². The number of rotatable bonds is 6. The Bertz CT molecular complexity index is 399. The van der Waals surface area contributed by atoms with Crippen LogP contribution in [0.2, 0.25) is 0 Å². The normalized spacial score (nSPS) is 22.0. The van der Waals surface area contributed by atoms with Crippen molar-refractivity contribution < 1.29 is 0 Å². The molecular formula is C19H32N2. The van der Waals surface area contributed by atoms with Crippen LogP contribution in [-0.2, 0) is 0 Å². The van der Waals surface area contributed by atoms with E-state index < -0.39 is 0 Å². The maximum atomic E-state index is 3.92. The van der Waals surface area contributed by atoms with Crippen molar-refractivity contribution in [3.05, 3.63) is 35.4 Å². The second-order valence-corrected chi connectivity index (χ2v) is 6.51. The summed E-state index contributed by atoms with van der Waals surface area (Å²) in [5.74, 6) is 0. The van der Waals surface area contributed by atoms with Crippen LogP contribution in [-0.4, -0.2) is 30.6 Å². The third-order valence-electron chi connectivity index (χ3n) is 4.69. The van der Waals surface area contributed by atoms with Crippen LogP contribution in [0.25, 0.3) is 0 Å². The summed E-state index contributed by atoms with van der Waals surface area (Å²) in [5.41, 5.74) is 2.79. The number of nitrogens with zero attached hydrogens (tertiary/aromatic N) is 1. The molecule has 0 saturated carbocycles. The van der Waals surface area contributed by atoms with Crippen LogP contribution < -0.4 is 5.32 Å². The van der Waals surface area contributed by atoms with Gasteiger partial charge in [0.15, 0.2) is 0 Å². The van der Waals surface area contributed by atoms with Gasteiger partial charge >= 0.3 is 0 Å². The summed E-state index contributed by atoms with van der Waals surface area (Å²) in [4.78, 5) is 2.63. The predicted octanol–water partition coefficient (Wildman–Crippen LogP) is 4.30. The van der Waals surface area contributed by atoms with E-state index in [1.165, 1.54) is 56.4 Å². The second kappa shape index (κ2) is 8.55. The van der Waals surface area contributed by atoms with Crippen LogP contribution in [0, 0.1) is 6.92 Å². The number of aryl methyl sites for hydroxylation is 1. The second-order valence-electron chi connectivity index (χ2n) is 6.51. The number of benzene rings is 1. The molecule has 1 fully saturated rings. The van der Waals surface area contributed by atoms with E-state index >= 15 is 0 Å². The number of likely N-dealkylation sites (tertiary alicyclic amines) is 1. The van der Waals surface area contributed by atoms with Crippen molar-refractivity contribution in [1.29, 1.82) is 0 Å². The Balaban J connectivity index is 1.91. The first-order valence-electron chi connectivity index (χ1n) is 8.78. The lowest BCUT2D eigenvalue weighted by molar-refractivity contribution is 0.281. The van der Waals surface area contributed by atoms with Gasteiger partial charge in [-0.15, -0.1) is 0 Å². The maximum absolute atomic E-state index is 3.92. The molecule has 2 heteroatoms. The van der Waals surface area contributed by atoms with Crippen molar-refractivity contribution in [3.8, 4) is 0 Å². The van der Waals surface area contributed by atoms with Gasteiger partial charge in [0.25, 0.3) is 0 Å². The number of hydrogen-bond donors (Lipinski definition) is 1. The van der Waals surface area contributed by atoms with Crippen molar-refractivity contribution >= 4 is 0 Å². The Kier molecular flexibility index (Phi) is 6.72. The Morgan fingerprint density at radius 3 is 2.57 bits per heavy atom. The van der Waals surface area contributed by atoms with Gasteiger partial charge in [-0.2, -0.15) is 0 Å². The molecule has 0 aliphatic carbocycles. The molecule has 2 unspecified atom stereocenters. The molecule has 1 N–H and O–H groups in total. The average Bonchev–Trinajstić information content (AvgIpc) is 2.72. The molecule has 2 rings (SSSR count). The van der Waals surface area contributed by atoms with Gasteiger partial charge in [0, 0.05) is 12.1 Å². The van der Waals surface area contributed by atoms with Crippen LogP contribution in [0.15, 0.2) is 24.3 Å². The molecule has 118 valence electrons. The standard InChI is InChI=1S/C19H32N2/c1-4-13-21-14-6-7-18(12-15-21)20-19(5-2)17-10-8-16(3)9-11-17/h8-11,18-20H,4-7,12-15H2,1-3H3. The summed E-state index contributed by atoms with van der Waals surface area (Å²) in [6.45, 7) is 10.5. The molecular weight excluding hydrogens is 256 g/mol. The first kappa shape index (κ1) is 16.5. The quantitative estimate of drug-likeness (QED) is 0.839. The third kappa shape index (κ3) is 5.12. The van der Waals surface area contributed by atoms with E-state index in [-0.39, 0.29) is 0 Å². The Labute approximate surface area is 130 Å². The summed E-state index contributed by atoms with van der Waals surface area (Å²) in [5, 5.41) is 3.92. The third-order valence-corrected chi connectivity index (χ3v) is 4.69. The first-order valence-corrected chi connectivity index (χ1v) is 8.78. The van der Waals surface area contributed by atoms with Crippen LogP contribution in [0.3, 0.4) is 0 Å². The lowest BCUT2D eigenvalue weighted by Gasteiger charge is -2.25. The molecule has 1 aromatic rings. The molecule has 2 atom stereocenters. The highest BCUT2D eigenvalue weighted by molar-refractivity contribution is 5.24. The molecule has 1 aliphatic rings. The Morgan fingerprint density at radius 1 is 1.14 bits per heavy atom. The van der Waals surface area contributed by atoms with Crippen LogP contribution in [0.5, 0.6) is 0 Å². The average molecular weight is 288 g/mol. The summed E-state index contributed by atoms with van der Waals surface area (Å²) in [6.07, 6.45) is 6.39. The molecule has 0 amide bonds. The zero-order chi connectivity index (χ0) is 15.1.